The highest BCUT2D eigenvalue weighted by atomic mass is 16.6. The lowest BCUT2D eigenvalue weighted by Crippen LogP contribution is -2.15. The fourth-order valence-electron chi connectivity index (χ4n) is 4.85. The lowest BCUT2D eigenvalue weighted by atomic mass is 10.1. The molecule has 0 bridgehead atoms. The van der Waals surface area contributed by atoms with E-state index in [2.05, 4.69) is 13.8 Å². The van der Waals surface area contributed by atoms with E-state index in [1.54, 1.807) is 0 Å². The van der Waals surface area contributed by atoms with Crippen molar-refractivity contribution in [2.24, 2.45) is 0 Å². The molecule has 0 heterocycles. The predicted octanol–water partition coefficient (Wildman–Crippen LogP) is 7.72. The van der Waals surface area contributed by atoms with Crippen molar-refractivity contribution in [3.8, 4) is 0 Å². The first kappa shape index (κ1) is 47.1. The molecular formula is C38H76O10. The number of ether oxygens (including phenoxy) is 9. The van der Waals surface area contributed by atoms with Gasteiger partial charge in [0.2, 0.25) is 0 Å². The monoisotopic (exact) mass is 693 g/mol. The quantitative estimate of drug-likeness (QED) is 0.0466. The van der Waals surface area contributed by atoms with Crippen LogP contribution in [0.1, 0.15) is 129 Å². The molecule has 0 radical (unpaired) electrons. The summed E-state index contributed by atoms with van der Waals surface area (Å²) >= 11 is 0. The third-order valence-electron chi connectivity index (χ3n) is 7.72. The Hall–Kier alpha value is -0.850. The molecule has 0 aliphatic rings. The van der Waals surface area contributed by atoms with Crippen LogP contribution in [0.4, 0.5) is 0 Å². The smallest absolute Gasteiger partial charge is 0.305 e. The Morgan fingerprint density at radius 1 is 0.292 bits per heavy atom. The summed E-state index contributed by atoms with van der Waals surface area (Å²) in [6.45, 7) is 13.5. The van der Waals surface area contributed by atoms with Gasteiger partial charge in [0.15, 0.2) is 0 Å². The van der Waals surface area contributed by atoms with E-state index in [-0.39, 0.29) is 5.97 Å². The van der Waals surface area contributed by atoms with Crippen molar-refractivity contribution >= 4 is 5.97 Å². The Labute approximate surface area is 294 Å². The maximum Gasteiger partial charge on any atom is 0.305 e. The van der Waals surface area contributed by atoms with E-state index in [9.17, 15) is 4.79 Å². The molecule has 0 atom stereocenters. The molecule has 0 aliphatic heterocycles. The van der Waals surface area contributed by atoms with Crippen LogP contribution in [0.25, 0.3) is 0 Å². The van der Waals surface area contributed by atoms with E-state index in [4.69, 9.17) is 42.6 Å². The van der Waals surface area contributed by atoms with Gasteiger partial charge in [-0.1, -0.05) is 110 Å². The highest BCUT2D eigenvalue weighted by molar-refractivity contribution is 5.69. The van der Waals surface area contributed by atoms with E-state index in [1.807, 2.05) is 0 Å². The Morgan fingerprint density at radius 3 is 0.875 bits per heavy atom. The average Bonchev–Trinajstić information content (AvgIpc) is 3.09. The summed E-state index contributed by atoms with van der Waals surface area (Å²) in [5.74, 6) is -0.134. The Bertz CT molecular complexity index is 596. The Balaban J connectivity index is 3.09. The van der Waals surface area contributed by atoms with Crippen LogP contribution in [0, 0.1) is 0 Å². The fourth-order valence-corrected chi connectivity index (χ4v) is 4.85. The normalized spacial score (nSPS) is 11.5. The molecule has 0 aromatic heterocycles. The topological polar surface area (TPSA) is 100 Å². The molecule has 0 saturated carbocycles. The van der Waals surface area contributed by atoms with Crippen molar-refractivity contribution in [3.05, 3.63) is 0 Å². The third kappa shape index (κ3) is 43.2. The maximum atomic E-state index is 11.7. The third-order valence-corrected chi connectivity index (χ3v) is 7.72. The molecule has 0 aromatic carbocycles. The second-order valence-corrected chi connectivity index (χ2v) is 12.2. The standard InChI is InChI=1S/C38H76O10/c1-3-5-7-9-11-12-13-15-17-19-21-40-22-23-41-24-25-42-26-27-43-28-29-44-30-31-45-32-33-46-34-35-47-36-37-48-38(39)20-18-16-14-10-8-6-4-2/h3-37H2,1-2H3. The first-order valence-corrected chi connectivity index (χ1v) is 19.6. The minimum absolute atomic E-state index is 0.134. The lowest BCUT2D eigenvalue weighted by molar-refractivity contribution is -0.145. The van der Waals surface area contributed by atoms with E-state index in [0.29, 0.717) is 112 Å². The highest BCUT2D eigenvalue weighted by Gasteiger charge is 2.03. The van der Waals surface area contributed by atoms with Gasteiger partial charge in [-0.05, 0) is 12.8 Å². The largest absolute Gasteiger partial charge is 0.463 e. The maximum absolute atomic E-state index is 11.7. The summed E-state index contributed by atoms with van der Waals surface area (Å²) in [7, 11) is 0. The number of carbonyl (C=O) groups excluding carboxylic acids is 1. The molecule has 0 saturated heterocycles. The van der Waals surface area contributed by atoms with Crippen LogP contribution in [-0.2, 0) is 47.4 Å². The summed E-state index contributed by atoms with van der Waals surface area (Å²) in [4.78, 5) is 11.7. The lowest BCUT2D eigenvalue weighted by Gasteiger charge is -2.09. The van der Waals surface area contributed by atoms with Crippen LogP contribution in [0.15, 0.2) is 0 Å². The van der Waals surface area contributed by atoms with Gasteiger partial charge >= 0.3 is 5.97 Å². The van der Waals surface area contributed by atoms with Gasteiger partial charge in [0.25, 0.3) is 0 Å². The first-order chi connectivity index (χ1) is 23.8. The molecule has 288 valence electrons. The van der Waals surface area contributed by atoms with Gasteiger partial charge in [-0.2, -0.15) is 0 Å². The van der Waals surface area contributed by atoms with E-state index >= 15 is 0 Å². The van der Waals surface area contributed by atoms with Gasteiger partial charge < -0.3 is 42.6 Å². The number of esters is 1. The van der Waals surface area contributed by atoms with Gasteiger partial charge in [-0.3, -0.25) is 4.79 Å². The van der Waals surface area contributed by atoms with E-state index < -0.39 is 0 Å². The van der Waals surface area contributed by atoms with Crippen molar-refractivity contribution in [2.75, 3.05) is 112 Å². The molecule has 0 N–H and O–H groups in total. The zero-order chi connectivity index (χ0) is 34.7. The van der Waals surface area contributed by atoms with Crippen molar-refractivity contribution in [1.82, 2.24) is 0 Å². The van der Waals surface area contributed by atoms with Crippen LogP contribution < -0.4 is 0 Å². The van der Waals surface area contributed by atoms with Crippen molar-refractivity contribution in [2.45, 2.75) is 129 Å². The second-order valence-electron chi connectivity index (χ2n) is 12.2. The minimum Gasteiger partial charge on any atom is -0.463 e. The molecule has 0 fully saturated rings. The van der Waals surface area contributed by atoms with Gasteiger partial charge in [-0.15, -0.1) is 0 Å². The number of carbonyl (C=O) groups is 1. The summed E-state index contributed by atoms with van der Waals surface area (Å²) in [6.07, 6.45) is 22.3. The van der Waals surface area contributed by atoms with Crippen LogP contribution in [0.2, 0.25) is 0 Å². The number of unbranched alkanes of at least 4 members (excludes halogenated alkanes) is 15. The van der Waals surface area contributed by atoms with Gasteiger partial charge in [-0.25, -0.2) is 0 Å². The first-order valence-electron chi connectivity index (χ1n) is 19.6. The van der Waals surface area contributed by atoms with E-state index in [1.165, 1.54) is 89.9 Å². The molecule has 10 nitrogen and oxygen atoms in total. The summed E-state index contributed by atoms with van der Waals surface area (Å²) in [6, 6.07) is 0. The average molecular weight is 693 g/mol. The summed E-state index contributed by atoms with van der Waals surface area (Å²) < 4.78 is 49.3. The molecule has 10 heteroatoms. The van der Waals surface area contributed by atoms with Crippen LogP contribution >= 0.6 is 0 Å². The van der Waals surface area contributed by atoms with Crippen molar-refractivity contribution in [3.63, 3.8) is 0 Å². The van der Waals surface area contributed by atoms with Crippen molar-refractivity contribution < 1.29 is 47.4 Å². The molecular weight excluding hydrogens is 616 g/mol. The molecule has 0 unspecified atom stereocenters. The van der Waals surface area contributed by atoms with Crippen LogP contribution in [-0.4, -0.2) is 118 Å². The molecule has 48 heavy (non-hydrogen) atoms. The molecule has 0 spiro atoms. The van der Waals surface area contributed by atoms with Gasteiger partial charge in [0.05, 0.1) is 99.1 Å². The predicted molar refractivity (Wildman–Crippen MR) is 192 cm³/mol. The number of rotatable bonds is 43. The Kier molecular flexibility index (Phi) is 43.4. The zero-order valence-electron chi connectivity index (χ0n) is 31.3. The number of hydrogen-bond donors (Lipinski definition) is 0. The number of hydrogen-bond acceptors (Lipinski definition) is 10. The minimum atomic E-state index is -0.134. The molecule has 0 aliphatic carbocycles. The second kappa shape index (κ2) is 44.2. The molecule has 0 aromatic rings. The van der Waals surface area contributed by atoms with Gasteiger partial charge in [0, 0.05) is 13.0 Å². The van der Waals surface area contributed by atoms with Gasteiger partial charge in [0.1, 0.15) is 6.61 Å². The van der Waals surface area contributed by atoms with Crippen LogP contribution in [0.3, 0.4) is 0 Å². The molecule has 0 amide bonds. The van der Waals surface area contributed by atoms with E-state index in [0.717, 1.165) is 25.9 Å². The summed E-state index contributed by atoms with van der Waals surface area (Å²) in [5, 5.41) is 0. The van der Waals surface area contributed by atoms with Crippen molar-refractivity contribution in [1.29, 1.82) is 0 Å². The van der Waals surface area contributed by atoms with Crippen LogP contribution in [0.5, 0.6) is 0 Å². The SMILES string of the molecule is CCCCCCCCCCCCOCCOCCOCCOCCOCCOCCOCCOCCOC(=O)CCCCCCCCC. The fraction of sp³-hybridized carbons (Fsp3) is 0.974. The Morgan fingerprint density at radius 2 is 0.542 bits per heavy atom. The highest BCUT2D eigenvalue weighted by Crippen LogP contribution is 2.11. The summed E-state index contributed by atoms with van der Waals surface area (Å²) in [5.41, 5.74) is 0. The molecule has 0 rings (SSSR count). The zero-order valence-corrected chi connectivity index (χ0v) is 31.3.